The molecule has 0 spiro atoms. The minimum absolute atomic E-state index is 0.483. The second kappa shape index (κ2) is 5.36. The van der Waals surface area contributed by atoms with Gasteiger partial charge in [0.1, 0.15) is 0 Å². The molecule has 0 aliphatic carbocycles. The van der Waals surface area contributed by atoms with Crippen LogP contribution in [0.2, 0.25) is 0 Å². The molecule has 1 aromatic heterocycles. The van der Waals surface area contributed by atoms with Crippen LogP contribution in [0.5, 0.6) is 0 Å². The molecule has 2 N–H and O–H groups in total. The van der Waals surface area contributed by atoms with Crippen LogP contribution in [-0.2, 0) is 4.74 Å². The van der Waals surface area contributed by atoms with Crippen molar-refractivity contribution in [2.24, 2.45) is 0 Å². The predicted octanol–water partition coefficient (Wildman–Crippen LogP) is 2.62. The van der Waals surface area contributed by atoms with E-state index in [0.717, 1.165) is 48.8 Å². The fraction of sp³-hybridized carbons (Fsp3) is 0.333. The second-order valence-electron chi connectivity index (χ2n) is 4.82. The van der Waals surface area contributed by atoms with Gasteiger partial charge in [0, 0.05) is 42.3 Å². The van der Waals surface area contributed by atoms with Gasteiger partial charge in [0.05, 0.1) is 0 Å². The Labute approximate surface area is 112 Å². The predicted molar refractivity (Wildman–Crippen MR) is 74.7 cm³/mol. The first-order valence-electron chi connectivity index (χ1n) is 6.59. The lowest BCUT2D eigenvalue weighted by atomic mass is 9.96. The minimum atomic E-state index is 0.483. The molecule has 1 aliphatic rings. The molecule has 0 radical (unpaired) electrons. The highest BCUT2D eigenvalue weighted by atomic mass is 16.5. The molecule has 1 saturated heterocycles. The molecule has 4 heteroatoms. The largest absolute Gasteiger partial charge is 0.399 e. The van der Waals surface area contributed by atoms with Crippen molar-refractivity contribution in [3.8, 4) is 11.4 Å². The number of hydrogen-bond donors (Lipinski definition) is 1. The summed E-state index contributed by atoms with van der Waals surface area (Å²) in [6, 6.07) is 9.69. The summed E-state index contributed by atoms with van der Waals surface area (Å²) in [7, 11) is 0. The molecule has 2 aromatic rings. The van der Waals surface area contributed by atoms with Crippen molar-refractivity contribution in [2.45, 2.75) is 18.8 Å². The average molecular weight is 255 g/mol. The molecule has 1 fully saturated rings. The summed E-state index contributed by atoms with van der Waals surface area (Å²) in [6.07, 6.45) is 3.90. The highest BCUT2D eigenvalue weighted by Gasteiger charge is 2.17. The molecule has 0 saturated carbocycles. The number of nitrogen functional groups attached to an aromatic ring is 1. The van der Waals surface area contributed by atoms with Gasteiger partial charge in [0.2, 0.25) is 0 Å². The van der Waals surface area contributed by atoms with Gasteiger partial charge in [0.25, 0.3) is 0 Å². The number of rotatable bonds is 2. The zero-order valence-electron chi connectivity index (χ0n) is 10.7. The Bertz CT molecular complexity index is 565. The van der Waals surface area contributed by atoms with Crippen molar-refractivity contribution in [2.75, 3.05) is 18.9 Å². The van der Waals surface area contributed by atoms with E-state index in [2.05, 4.69) is 9.97 Å². The molecule has 0 atom stereocenters. The van der Waals surface area contributed by atoms with E-state index in [1.807, 2.05) is 36.5 Å². The highest BCUT2D eigenvalue weighted by molar-refractivity contribution is 5.60. The number of anilines is 1. The molecule has 1 aromatic carbocycles. The van der Waals surface area contributed by atoms with Crippen molar-refractivity contribution in [1.82, 2.24) is 9.97 Å². The standard InChI is InChI=1S/C15H17N3O/c16-13-3-1-2-12(10-13)15-17-7-4-14(18-15)11-5-8-19-9-6-11/h1-4,7,10-11H,5-6,8-9,16H2. The van der Waals surface area contributed by atoms with Crippen LogP contribution in [0.4, 0.5) is 5.69 Å². The van der Waals surface area contributed by atoms with Crippen molar-refractivity contribution in [3.63, 3.8) is 0 Å². The summed E-state index contributed by atoms with van der Waals surface area (Å²) >= 11 is 0. The van der Waals surface area contributed by atoms with E-state index in [0.29, 0.717) is 5.92 Å². The number of aromatic nitrogens is 2. The molecular formula is C15H17N3O. The van der Waals surface area contributed by atoms with Crippen LogP contribution in [0.15, 0.2) is 36.5 Å². The van der Waals surface area contributed by atoms with Crippen molar-refractivity contribution in [3.05, 3.63) is 42.2 Å². The molecule has 3 rings (SSSR count). The monoisotopic (exact) mass is 255 g/mol. The Morgan fingerprint density at radius 1 is 1.16 bits per heavy atom. The lowest BCUT2D eigenvalue weighted by molar-refractivity contribution is 0.0845. The van der Waals surface area contributed by atoms with Gasteiger partial charge in [-0.2, -0.15) is 0 Å². The Kier molecular flexibility index (Phi) is 3.42. The van der Waals surface area contributed by atoms with Gasteiger partial charge in [-0.05, 0) is 31.0 Å². The summed E-state index contributed by atoms with van der Waals surface area (Å²) in [6.45, 7) is 1.64. The first-order chi connectivity index (χ1) is 9.33. The molecule has 1 aliphatic heterocycles. The summed E-state index contributed by atoms with van der Waals surface area (Å²) in [5.74, 6) is 1.23. The molecule has 4 nitrogen and oxygen atoms in total. The fourth-order valence-electron chi connectivity index (χ4n) is 2.41. The average Bonchev–Trinajstić information content (AvgIpc) is 2.48. The molecule has 98 valence electrons. The third-order valence-corrected chi connectivity index (χ3v) is 3.46. The maximum Gasteiger partial charge on any atom is 0.159 e. The SMILES string of the molecule is Nc1cccc(-c2nccc(C3CCOCC3)n2)c1. The zero-order chi connectivity index (χ0) is 13.1. The summed E-state index contributed by atoms with van der Waals surface area (Å²) < 4.78 is 5.39. The van der Waals surface area contributed by atoms with Gasteiger partial charge in [-0.1, -0.05) is 12.1 Å². The van der Waals surface area contributed by atoms with Gasteiger partial charge in [-0.25, -0.2) is 9.97 Å². The van der Waals surface area contributed by atoms with Crippen molar-refractivity contribution in [1.29, 1.82) is 0 Å². The Balaban J connectivity index is 1.91. The van der Waals surface area contributed by atoms with Crippen LogP contribution in [0.1, 0.15) is 24.5 Å². The summed E-state index contributed by atoms with van der Waals surface area (Å²) in [5.41, 5.74) is 8.61. The van der Waals surface area contributed by atoms with Crippen LogP contribution in [-0.4, -0.2) is 23.2 Å². The van der Waals surface area contributed by atoms with Gasteiger partial charge in [-0.3, -0.25) is 0 Å². The maximum absolute atomic E-state index is 5.80. The number of nitrogens with zero attached hydrogens (tertiary/aromatic N) is 2. The normalized spacial score (nSPS) is 16.4. The smallest absolute Gasteiger partial charge is 0.159 e. The Hall–Kier alpha value is -1.94. The molecule has 19 heavy (non-hydrogen) atoms. The van der Waals surface area contributed by atoms with Gasteiger partial charge in [-0.15, -0.1) is 0 Å². The maximum atomic E-state index is 5.80. The molecular weight excluding hydrogens is 238 g/mol. The van der Waals surface area contributed by atoms with E-state index in [1.54, 1.807) is 0 Å². The Morgan fingerprint density at radius 3 is 2.79 bits per heavy atom. The number of nitrogens with two attached hydrogens (primary N) is 1. The van der Waals surface area contributed by atoms with Crippen LogP contribution in [0, 0.1) is 0 Å². The molecule has 2 heterocycles. The van der Waals surface area contributed by atoms with E-state index in [-0.39, 0.29) is 0 Å². The van der Waals surface area contributed by atoms with E-state index < -0.39 is 0 Å². The molecule has 0 unspecified atom stereocenters. The van der Waals surface area contributed by atoms with E-state index in [9.17, 15) is 0 Å². The Morgan fingerprint density at radius 2 is 2.00 bits per heavy atom. The van der Waals surface area contributed by atoms with Crippen LogP contribution in [0.3, 0.4) is 0 Å². The second-order valence-corrected chi connectivity index (χ2v) is 4.82. The number of hydrogen-bond acceptors (Lipinski definition) is 4. The first-order valence-corrected chi connectivity index (χ1v) is 6.59. The van der Waals surface area contributed by atoms with Gasteiger partial charge < -0.3 is 10.5 Å². The van der Waals surface area contributed by atoms with Crippen molar-refractivity contribution < 1.29 is 4.74 Å². The third kappa shape index (κ3) is 2.74. The van der Waals surface area contributed by atoms with Crippen LogP contribution >= 0.6 is 0 Å². The van der Waals surface area contributed by atoms with E-state index in [1.165, 1.54) is 0 Å². The quantitative estimate of drug-likeness (QED) is 0.838. The van der Waals surface area contributed by atoms with E-state index in [4.69, 9.17) is 10.5 Å². The van der Waals surface area contributed by atoms with Crippen LogP contribution < -0.4 is 5.73 Å². The van der Waals surface area contributed by atoms with E-state index >= 15 is 0 Å². The van der Waals surface area contributed by atoms with Gasteiger partial charge >= 0.3 is 0 Å². The lowest BCUT2D eigenvalue weighted by Crippen LogP contribution is -2.15. The number of benzene rings is 1. The molecule has 0 amide bonds. The third-order valence-electron chi connectivity index (χ3n) is 3.46. The molecule has 0 bridgehead atoms. The fourth-order valence-corrected chi connectivity index (χ4v) is 2.41. The topological polar surface area (TPSA) is 61.0 Å². The minimum Gasteiger partial charge on any atom is -0.399 e. The van der Waals surface area contributed by atoms with Crippen molar-refractivity contribution >= 4 is 5.69 Å². The summed E-state index contributed by atoms with van der Waals surface area (Å²) in [5, 5.41) is 0. The summed E-state index contributed by atoms with van der Waals surface area (Å²) in [4.78, 5) is 9.03. The zero-order valence-corrected chi connectivity index (χ0v) is 10.7. The van der Waals surface area contributed by atoms with Gasteiger partial charge in [0.15, 0.2) is 5.82 Å². The number of ether oxygens (including phenoxy) is 1. The van der Waals surface area contributed by atoms with Crippen LogP contribution in [0.25, 0.3) is 11.4 Å². The highest BCUT2D eigenvalue weighted by Crippen LogP contribution is 2.26. The first kappa shape index (κ1) is 12.1. The lowest BCUT2D eigenvalue weighted by Gasteiger charge is -2.21.